The number of para-hydroxylation sites is 2. The SMILES string of the molecule is COCCn1c(C=CC(=O)c2c(-c3ccccc3)c3cc(Cl)ccc3[nH]c2=O)nc2ccccc21. The number of aromatic amines is 1. The molecule has 3 aromatic carbocycles. The van der Waals surface area contributed by atoms with Crippen LogP contribution < -0.4 is 5.56 Å². The molecule has 174 valence electrons. The molecule has 2 aromatic heterocycles. The molecule has 5 rings (SSSR count). The van der Waals surface area contributed by atoms with Crippen molar-refractivity contribution in [3.05, 3.63) is 106 Å². The van der Waals surface area contributed by atoms with Crippen LogP contribution in [-0.2, 0) is 11.3 Å². The number of nitrogens with one attached hydrogen (secondary N) is 1. The molecule has 1 N–H and O–H groups in total. The van der Waals surface area contributed by atoms with Gasteiger partial charge in [-0.25, -0.2) is 4.98 Å². The molecule has 0 aliphatic carbocycles. The molecule has 0 saturated heterocycles. The van der Waals surface area contributed by atoms with E-state index in [9.17, 15) is 9.59 Å². The highest BCUT2D eigenvalue weighted by molar-refractivity contribution is 6.31. The summed E-state index contributed by atoms with van der Waals surface area (Å²) in [5, 5.41) is 1.22. The van der Waals surface area contributed by atoms with Crippen molar-refractivity contribution in [2.45, 2.75) is 6.54 Å². The topological polar surface area (TPSA) is 77.0 Å². The van der Waals surface area contributed by atoms with Gasteiger partial charge in [0.1, 0.15) is 5.82 Å². The van der Waals surface area contributed by atoms with Gasteiger partial charge in [-0.05, 0) is 48.0 Å². The number of carbonyl (C=O) groups is 1. The van der Waals surface area contributed by atoms with Crippen LogP contribution in [0.15, 0.2) is 83.7 Å². The van der Waals surface area contributed by atoms with Crippen molar-refractivity contribution in [1.29, 1.82) is 0 Å². The van der Waals surface area contributed by atoms with Gasteiger partial charge in [-0.3, -0.25) is 9.59 Å². The van der Waals surface area contributed by atoms with Gasteiger partial charge >= 0.3 is 0 Å². The van der Waals surface area contributed by atoms with E-state index in [1.54, 1.807) is 31.4 Å². The third-order valence-corrected chi connectivity index (χ3v) is 6.11. The highest BCUT2D eigenvalue weighted by atomic mass is 35.5. The number of aromatic nitrogens is 3. The Kier molecular flexibility index (Phi) is 6.31. The number of methoxy groups -OCH3 is 1. The van der Waals surface area contributed by atoms with Crippen molar-refractivity contribution in [3.63, 3.8) is 0 Å². The fraction of sp³-hybridized carbons (Fsp3) is 0.107. The number of ketones is 1. The number of pyridine rings is 1. The summed E-state index contributed by atoms with van der Waals surface area (Å²) in [6, 6.07) is 22.3. The second-order valence-corrected chi connectivity index (χ2v) is 8.50. The lowest BCUT2D eigenvalue weighted by atomic mass is 9.94. The molecule has 0 amide bonds. The van der Waals surface area contributed by atoms with Crippen molar-refractivity contribution < 1.29 is 9.53 Å². The summed E-state index contributed by atoms with van der Waals surface area (Å²) < 4.78 is 7.24. The Labute approximate surface area is 206 Å². The number of hydrogen-bond acceptors (Lipinski definition) is 4. The zero-order chi connectivity index (χ0) is 24.4. The maximum absolute atomic E-state index is 13.5. The molecule has 5 aromatic rings. The average molecular weight is 484 g/mol. The standard InChI is InChI=1S/C28H22ClN3O3/c1-35-16-15-32-23-10-6-5-9-22(23)30-25(32)14-13-24(33)27-26(18-7-3-2-4-8-18)20-17-19(29)11-12-21(20)31-28(27)34/h2-14,17H,15-16H2,1H3,(H,31,34). The second-order valence-electron chi connectivity index (χ2n) is 8.06. The third-order valence-electron chi connectivity index (χ3n) is 5.87. The molecule has 6 nitrogen and oxygen atoms in total. The number of fused-ring (bicyclic) bond motifs is 2. The van der Waals surface area contributed by atoms with Crippen LogP contribution >= 0.6 is 11.6 Å². The zero-order valence-corrected chi connectivity index (χ0v) is 19.8. The summed E-state index contributed by atoms with van der Waals surface area (Å²) in [6.45, 7) is 1.08. The van der Waals surface area contributed by atoms with Gasteiger partial charge in [0.05, 0.1) is 23.2 Å². The summed E-state index contributed by atoms with van der Waals surface area (Å²) >= 11 is 6.28. The normalized spacial score (nSPS) is 11.6. The maximum atomic E-state index is 13.5. The molecule has 0 aliphatic rings. The number of benzene rings is 3. The molecule has 0 atom stereocenters. The van der Waals surface area contributed by atoms with Crippen molar-refractivity contribution in [2.24, 2.45) is 0 Å². The first-order valence-corrected chi connectivity index (χ1v) is 11.5. The predicted molar refractivity (Wildman–Crippen MR) is 140 cm³/mol. The van der Waals surface area contributed by atoms with Gasteiger partial charge in [0, 0.05) is 35.1 Å². The number of carbonyl (C=O) groups excluding carboxylic acids is 1. The summed E-state index contributed by atoms with van der Waals surface area (Å²) in [5.41, 5.74) is 3.28. The Morgan fingerprint density at radius 3 is 2.66 bits per heavy atom. The first kappa shape index (κ1) is 22.8. The quantitative estimate of drug-likeness (QED) is 0.236. The molecule has 35 heavy (non-hydrogen) atoms. The molecule has 0 spiro atoms. The van der Waals surface area contributed by atoms with Crippen molar-refractivity contribution in [3.8, 4) is 11.1 Å². The fourth-order valence-corrected chi connectivity index (χ4v) is 4.45. The van der Waals surface area contributed by atoms with Gasteiger partial charge < -0.3 is 14.3 Å². The van der Waals surface area contributed by atoms with Gasteiger partial charge in [0.25, 0.3) is 5.56 Å². The minimum absolute atomic E-state index is 0.0572. The van der Waals surface area contributed by atoms with E-state index in [-0.39, 0.29) is 5.56 Å². The maximum Gasteiger partial charge on any atom is 0.260 e. The smallest absolute Gasteiger partial charge is 0.260 e. The van der Waals surface area contributed by atoms with Crippen LogP contribution in [0.2, 0.25) is 5.02 Å². The van der Waals surface area contributed by atoms with Crippen LogP contribution in [0.1, 0.15) is 16.2 Å². The molecule has 2 heterocycles. The van der Waals surface area contributed by atoms with Gasteiger partial charge in [-0.15, -0.1) is 0 Å². The van der Waals surface area contributed by atoms with Gasteiger partial charge in [0.15, 0.2) is 5.78 Å². The Morgan fingerprint density at radius 1 is 1.09 bits per heavy atom. The molecule has 0 fully saturated rings. The fourth-order valence-electron chi connectivity index (χ4n) is 4.28. The molecule has 7 heteroatoms. The third kappa shape index (κ3) is 4.41. The Bertz CT molecular complexity index is 1630. The van der Waals surface area contributed by atoms with E-state index in [0.29, 0.717) is 40.5 Å². The summed E-state index contributed by atoms with van der Waals surface area (Å²) in [7, 11) is 1.64. The molecule has 0 aliphatic heterocycles. The van der Waals surface area contributed by atoms with Crippen LogP contribution in [0.25, 0.3) is 39.1 Å². The lowest BCUT2D eigenvalue weighted by Gasteiger charge is -2.12. The lowest BCUT2D eigenvalue weighted by Crippen LogP contribution is -2.18. The first-order chi connectivity index (χ1) is 17.1. The summed E-state index contributed by atoms with van der Waals surface area (Å²) in [6.07, 6.45) is 3.05. The number of hydrogen-bond donors (Lipinski definition) is 1. The number of rotatable bonds is 7. The molecule has 0 bridgehead atoms. The largest absolute Gasteiger partial charge is 0.383 e. The lowest BCUT2D eigenvalue weighted by molar-refractivity contribution is 0.104. The van der Waals surface area contributed by atoms with E-state index in [4.69, 9.17) is 16.3 Å². The Hall–Kier alpha value is -4.00. The molecule has 0 saturated carbocycles. The summed E-state index contributed by atoms with van der Waals surface area (Å²) in [4.78, 5) is 34.1. The van der Waals surface area contributed by atoms with E-state index in [1.807, 2.05) is 59.2 Å². The highest BCUT2D eigenvalue weighted by Crippen LogP contribution is 2.31. The number of nitrogens with zero attached hydrogens (tertiary/aromatic N) is 2. The number of halogens is 1. The summed E-state index contributed by atoms with van der Waals surface area (Å²) in [5.74, 6) is 0.190. The van der Waals surface area contributed by atoms with Crippen LogP contribution in [0, 0.1) is 0 Å². The number of H-pyrrole nitrogens is 1. The minimum atomic E-state index is -0.457. The van der Waals surface area contributed by atoms with Gasteiger partial charge in [-0.2, -0.15) is 0 Å². The van der Waals surface area contributed by atoms with E-state index in [2.05, 4.69) is 9.97 Å². The Morgan fingerprint density at radius 2 is 1.86 bits per heavy atom. The number of ether oxygens (including phenoxy) is 1. The predicted octanol–water partition coefficient (Wildman–Crippen LogP) is 5.74. The molecule has 0 unspecified atom stereocenters. The zero-order valence-electron chi connectivity index (χ0n) is 19.0. The first-order valence-electron chi connectivity index (χ1n) is 11.1. The van der Waals surface area contributed by atoms with Crippen LogP contribution in [0.5, 0.6) is 0 Å². The van der Waals surface area contributed by atoms with Crippen LogP contribution in [0.3, 0.4) is 0 Å². The van der Waals surface area contributed by atoms with Crippen molar-refractivity contribution >= 4 is 45.4 Å². The monoisotopic (exact) mass is 483 g/mol. The van der Waals surface area contributed by atoms with Crippen molar-refractivity contribution in [2.75, 3.05) is 13.7 Å². The van der Waals surface area contributed by atoms with Gasteiger partial charge in [0.2, 0.25) is 0 Å². The highest BCUT2D eigenvalue weighted by Gasteiger charge is 2.20. The minimum Gasteiger partial charge on any atom is -0.383 e. The average Bonchev–Trinajstić information content (AvgIpc) is 3.23. The van der Waals surface area contributed by atoms with E-state index >= 15 is 0 Å². The van der Waals surface area contributed by atoms with E-state index in [0.717, 1.165) is 16.6 Å². The number of imidazole rings is 1. The molecule has 0 radical (unpaired) electrons. The van der Waals surface area contributed by atoms with Gasteiger partial charge in [-0.1, -0.05) is 54.1 Å². The van der Waals surface area contributed by atoms with E-state index < -0.39 is 11.3 Å². The Balaban J connectivity index is 1.65. The molecular weight excluding hydrogens is 462 g/mol. The van der Waals surface area contributed by atoms with Crippen LogP contribution in [0.4, 0.5) is 0 Å². The number of allylic oxidation sites excluding steroid dienone is 1. The second kappa shape index (κ2) is 9.70. The molecular formula is C28H22ClN3O3. The van der Waals surface area contributed by atoms with Crippen LogP contribution in [-0.4, -0.2) is 34.0 Å². The van der Waals surface area contributed by atoms with Crippen molar-refractivity contribution in [1.82, 2.24) is 14.5 Å². The van der Waals surface area contributed by atoms with E-state index in [1.165, 1.54) is 6.08 Å².